The summed E-state index contributed by atoms with van der Waals surface area (Å²) in [4.78, 5) is -0.0712. The molecule has 1 aromatic rings. The summed E-state index contributed by atoms with van der Waals surface area (Å²) in [5.74, 6) is 0. The van der Waals surface area contributed by atoms with Crippen LogP contribution in [0, 0.1) is 6.07 Å². The monoisotopic (exact) mass is 185 g/mol. The van der Waals surface area contributed by atoms with Crippen molar-refractivity contribution in [1.29, 1.82) is 0 Å². The third kappa shape index (κ3) is 2.06. The van der Waals surface area contributed by atoms with E-state index in [2.05, 4.69) is 6.07 Å². The summed E-state index contributed by atoms with van der Waals surface area (Å²) in [6, 6.07) is 7.07. The van der Waals surface area contributed by atoms with E-state index >= 15 is 0 Å². The molecule has 0 unspecified atom stereocenters. The van der Waals surface area contributed by atoms with Crippen molar-refractivity contribution in [1.82, 2.24) is 0 Å². The van der Waals surface area contributed by atoms with Gasteiger partial charge in [0.1, 0.15) is 0 Å². The molecule has 0 aliphatic heterocycles. The molecule has 0 aliphatic rings. The van der Waals surface area contributed by atoms with E-state index in [4.69, 9.17) is 4.55 Å². The van der Waals surface area contributed by atoms with Gasteiger partial charge in [0.25, 0.3) is 10.1 Å². The number of hydrogen-bond acceptors (Lipinski definition) is 2. The van der Waals surface area contributed by atoms with Crippen molar-refractivity contribution >= 4 is 10.1 Å². The van der Waals surface area contributed by atoms with E-state index in [0.29, 0.717) is 6.42 Å². The zero-order valence-electron chi connectivity index (χ0n) is 6.61. The lowest BCUT2D eigenvalue weighted by Gasteiger charge is -1.98. The Kier molecular flexibility index (Phi) is 2.49. The van der Waals surface area contributed by atoms with Gasteiger partial charge in [-0.2, -0.15) is 8.42 Å². The number of benzene rings is 1. The van der Waals surface area contributed by atoms with E-state index in [0.717, 1.165) is 5.56 Å². The molecule has 0 fully saturated rings. The molecule has 0 spiro atoms. The summed E-state index contributed by atoms with van der Waals surface area (Å²) in [5.41, 5.74) is 0.769. The molecular formula is C8H9O3S. The molecule has 0 saturated heterocycles. The Balaban J connectivity index is 3.20. The average molecular weight is 185 g/mol. The van der Waals surface area contributed by atoms with Gasteiger partial charge in [-0.15, -0.1) is 0 Å². The largest absolute Gasteiger partial charge is 0.294 e. The zero-order valence-corrected chi connectivity index (χ0v) is 7.43. The van der Waals surface area contributed by atoms with Crippen LogP contribution in [0.4, 0.5) is 0 Å². The molecule has 65 valence electrons. The Morgan fingerprint density at radius 2 is 2.25 bits per heavy atom. The van der Waals surface area contributed by atoms with Crippen molar-refractivity contribution in [2.24, 2.45) is 0 Å². The maximum Gasteiger partial charge on any atom is 0.294 e. The highest BCUT2D eigenvalue weighted by atomic mass is 32.2. The number of rotatable bonds is 2. The Labute approximate surface area is 71.8 Å². The summed E-state index contributed by atoms with van der Waals surface area (Å²) < 4.78 is 30.0. The molecule has 0 atom stereocenters. The molecule has 4 heteroatoms. The lowest BCUT2D eigenvalue weighted by Crippen LogP contribution is -1.98. The zero-order chi connectivity index (χ0) is 9.19. The van der Waals surface area contributed by atoms with Crippen LogP contribution in [0.25, 0.3) is 0 Å². The molecular weight excluding hydrogens is 176 g/mol. The molecule has 3 nitrogen and oxygen atoms in total. The Morgan fingerprint density at radius 1 is 1.58 bits per heavy atom. The Bertz CT molecular complexity index is 368. The number of hydrogen-bond donors (Lipinski definition) is 1. The molecule has 12 heavy (non-hydrogen) atoms. The topological polar surface area (TPSA) is 54.4 Å². The van der Waals surface area contributed by atoms with Gasteiger partial charge in [0, 0.05) is 0 Å². The van der Waals surface area contributed by atoms with E-state index in [1.165, 1.54) is 18.2 Å². The third-order valence-electron chi connectivity index (χ3n) is 1.51. The van der Waals surface area contributed by atoms with Crippen LogP contribution < -0.4 is 0 Å². The Morgan fingerprint density at radius 3 is 2.75 bits per heavy atom. The first-order valence-electron chi connectivity index (χ1n) is 3.52. The highest BCUT2D eigenvalue weighted by Crippen LogP contribution is 2.10. The van der Waals surface area contributed by atoms with Gasteiger partial charge in [-0.3, -0.25) is 4.55 Å². The molecule has 1 aromatic carbocycles. The molecule has 0 saturated carbocycles. The molecule has 0 aromatic heterocycles. The van der Waals surface area contributed by atoms with Crippen molar-refractivity contribution < 1.29 is 13.0 Å². The van der Waals surface area contributed by atoms with Gasteiger partial charge in [0.2, 0.25) is 0 Å². The first-order valence-corrected chi connectivity index (χ1v) is 4.96. The van der Waals surface area contributed by atoms with Crippen LogP contribution >= 0.6 is 0 Å². The van der Waals surface area contributed by atoms with Gasteiger partial charge in [-0.25, -0.2) is 0 Å². The van der Waals surface area contributed by atoms with Gasteiger partial charge in [-0.1, -0.05) is 13.0 Å². The standard InChI is InChI=1S/C8H9O3S/c1-2-7-4-3-5-8(6-7)12(9,10)11/h3,5-6H,2H2,1H3,(H,9,10,11). The first kappa shape index (κ1) is 9.22. The van der Waals surface area contributed by atoms with Crippen molar-refractivity contribution in [3.05, 3.63) is 29.8 Å². The summed E-state index contributed by atoms with van der Waals surface area (Å²) in [5, 5.41) is 0. The minimum Gasteiger partial charge on any atom is -0.282 e. The van der Waals surface area contributed by atoms with Crippen LogP contribution in [0.15, 0.2) is 23.1 Å². The van der Waals surface area contributed by atoms with Crippen molar-refractivity contribution in [3.63, 3.8) is 0 Å². The van der Waals surface area contributed by atoms with Crippen LogP contribution in [-0.4, -0.2) is 13.0 Å². The lowest BCUT2D eigenvalue weighted by molar-refractivity contribution is 0.483. The quantitative estimate of drug-likeness (QED) is 0.706. The minimum absolute atomic E-state index is 0.0712. The Hall–Kier alpha value is -0.870. The average Bonchev–Trinajstić information content (AvgIpc) is 2.03. The predicted molar refractivity (Wildman–Crippen MR) is 44.5 cm³/mol. The highest BCUT2D eigenvalue weighted by molar-refractivity contribution is 7.85. The van der Waals surface area contributed by atoms with Crippen LogP contribution in [-0.2, 0) is 16.5 Å². The summed E-state index contributed by atoms with van der Waals surface area (Å²) in [6.45, 7) is 1.89. The van der Waals surface area contributed by atoms with E-state index in [-0.39, 0.29) is 4.90 Å². The van der Waals surface area contributed by atoms with E-state index in [1.54, 1.807) is 0 Å². The fourth-order valence-corrected chi connectivity index (χ4v) is 1.39. The predicted octanol–water partition coefficient (Wildman–Crippen LogP) is 1.30. The van der Waals surface area contributed by atoms with Crippen molar-refractivity contribution in [3.8, 4) is 0 Å². The van der Waals surface area contributed by atoms with E-state index in [1.807, 2.05) is 6.92 Å². The highest BCUT2D eigenvalue weighted by Gasteiger charge is 2.08. The molecule has 0 bridgehead atoms. The summed E-state index contributed by atoms with van der Waals surface area (Å²) in [7, 11) is -4.06. The fraction of sp³-hybridized carbons (Fsp3) is 0.250. The van der Waals surface area contributed by atoms with E-state index in [9.17, 15) is 8.42 Å². The molecule has 1 rings (SSSR count). The molecule has 0 amide bonds. The van der Waals surface area contributed by atoms with Gasteiger partial charge in [0.05, 0.1) is 4.90 Å². The first-order chi connectivity index (χ1) is 5.54. The SMILES string of the molecule is CCc1[c]ccc(S(=O)(=O)O)c1. The molecule has 0 heterocycles. The second-order valence-electron chi connectivity index (χ2n) is 2.38. The van der Waals surface area contributed by atoms with Crippen LogP contribution in [0.5, 0.6) is 0 Å². The second kappa shape index (κ2) is 3.25. The molecule has 1 N–H and O–H groups in total. The van der Waals surface area contributed by atoms with E-state index < -0.39 is 10.1 Å². The van der Waals surface area contributed by atoms with Gasteiger partial charge >= 0.3 is 0 Å². The van der Waals surface area contributed by atoms with Crippen LogP contribution in [0.3, 0.4) is 0 Å². The normalized spacial score (nSPS) is 11.5. The van der Waals surface area contributed by atoms with Gasteiger partial charge in [0.15, 0.2) is 0 Å². The lowest BCUT2D eigenvalue weighted by atomic mass is 10.2. The van der Waals surface area contributed by atoms with Gasteiger partial charge in [-0.05, 0) is 30.2 Å². The van der Waals surface area contributed by atoms with Crippen molar-refractivity contribution in [2.45, 2.75) is 18.2 Å². The summed E-state index contributed by atoms with van der Waals surface area (Å²) >= 11 is 0. The third-order valence-corrected chi connectivity index (χ3v) is 2.36. The van der Waals surface area contributed by atoms with Crippen molar-refractivity contribution in [2.75, 3.05) is 0 Å². The van der Waals surface area contributed by atoms with Crippen LogP contribution in [0.2, 0.25) is 0 Å². The van der Waals surface area contributed by atoms with Gasteiger partial charge < -0.3 is 0 Å². The maximum absolute atomic E-state index is 10.6. The second-order valence-corrected chi connectivity index (χ2v) is 3.80. The minimum atomic E-state index is -4.06. The smallest absolute Gasteiger partial charge is 0.282 e. The summed E-state index contributed by atoms with van der Waals surface area (Å²) in [6.07, 6.45) is 0.698. The molecule has 0 aliphatic carbocycles. The fourth-order valence-electron chi connectivity index (χ4n) is 0.857. The molecule has 1 radical (unpaired) electrons. The van der Waals surface area contributed by atoms with Crippen LogP contribution in [0.1, 0.15) is 12.5 Å². The maximum atomic E-state index is 10.6. The number of aryl methyl sites for hydroxylation is 1.